The van der Waals surface area contributed by atoms with Crippen LogP contribution in [-0.2, 0) is 12.3 Å². The standard InChI is InChI=1S/C24H17ClN4O2S/c25-18-12-10-17(11-13-18)22-27-21(31-28-22)15-32-24-26-20-9-5-4-8-19(20)23(30)29(24)14-16-6-2-1-3-7-16/h1-13H,14-15H2. The zero-order valence-electron chi connectivity index (χ0n) is 16.8. The van der Waals surface area contributed by atoms with E-state index >= 15 is 0 Å². The van der Waals surface area contributed by atoms with Crippen molar-refractivity contribution >= 4 is 34.3 Å². The molecule has 158 valence electrons. The molecule has 0 atom stereocenters. The Balaban J connectivity index is 1.45. The van der Waals surface area contributed by atoms with Crippen LogP contribution in [0.3, 0.4) is 0 Å². The number of hydrogen-bond acceptors (Lipinski definition) is 6. The SMILES string of the molecule is O=c1c2ccccc2nc(SCc2nc(-c3ccc(Cl)cc3)no2)n1Cc1ccccc1. The van der Waals surface area contributed by atoms with Crippen molar-refractivity contribution in [2.75, 3.05) is 0 Å². The third-order valence-corrected chi connectivity index (χ3v) is 6.12. The number of thioether (sulfide) groups is 1. The first-order valence-corrected chi connectivity index (χ1v) is 11.3. The van der Waals surface area contributed by atoms with Gasteiger partial charge in [-0.05, 0) is 42.0 Å². The molecular formula is C24H17ClN4O2S. The van der Waals surface area contributed by atoms with Crippen LogP contribution in [0.25, 0.3) is 22.3 Å². The lowest BCUT2D eigenvalue weighted by molar-refractivity contribution is 0.391. The van der Waals surface area contributed by atoms with E-state index in [2.05, 4.69) is 10.1 Å². The average Bonchev–Trinajstić information content (AvgIpc) is 3.30. The van der Waals surface area contributed by atoms with Crippen LogP contribution >= 0.6 is 23.4 Å². The predicted molar refractivity (Wildman–Crippen MR) is 126 cm³/mol. The van der Waals surface area contributed by atoms with Gasteiger partial charge in [-0.25, -0.2) is 4.98 Å². The minimum absolute atomic E-state index is 0.0747. The Morgan fingerprint density at radius 3 is 2.47 bits per heavy atom. The topological polar surface area (TPSA) is 73.8 Å². The van der Waals surface area contributed by atoms with E-state index in [1.807, 2.05) is 60.7 Å². The fourth-order valence-electron chi connectivity index (χ4n) is 3.32. The summed E-state index contributed by atoms with van der Waals surface area (Å²) in [4.78, 5) is 22.4. The molecule has 6 nitrogen and oxygen atoms in total. The van der Waals surface area contributed by atoms with Crippen molar-refractivity contribution in [3.63, 3.8) is 0 Å². The molecule has 5 aromatic rings. The highest BCUT2D eigenvalue weighted by atomic mass is 35.5. The quantitative estimate of drug-likeness (QED) is 0.248. The summed E-state index contributed by atoms with van der Waals surface area (Å²) in [7, 11) is 0. The Morgan fingerprint density at radius 1 is 0.906 bits per heavy atom. The van der Waals surface area contributed by atoms with Crippen LogP contribution in [0.5, 0.6) is 0 Å². The summed E-state index contributed by atoms with van der Waals surface area (Å²) < 4.78 is 7.11. The molecule has 0 aliphatic heterocycles. The normalized spacial score (nSPS) is 11.2. The third-order valence-electron chi connectivity index (χ3n) is 4.91. The van der Waals surface area contributed by atoms with Gasteiger partial charge in [0.05, 0.1) is 23.2 Å². The maximum atomic E-state index is 13.2. The number of benzene rings is 3. The second kappa shape index (κ2) is 8.98. The maximum Gasteiger partial charge on any atom is 0.262 e. The Labute approximate surface area is 192 Å². The molecule has 5 rings (SSSR count). The molecule has 2 aromatic heterocycles. The molecule has 0 aliphatic carbocycles. The van der Waals surface area contributed by atoms with E-state index in [4.69, 9.17) is 21.1 Å². The summed E-state index contributed by atoms with van der Waals surface area (Å²) >= 11 is 7.34. The molecule has 32 heavy (non-hydrogen) atoms. The lowest BCUT2D eigenvalue weighted by atomic mass is 10.2. The number of aromatic nitrogens is 4. The van der Waals surface area contributed by atoms with E-state index in [1.54, 1.807) is 22.8 Å². The first-order chi connectivity index (χ1) is 15.7. The van der Waals surface area contributed by atoms with E-state index in [-0.39, 0.29) is 5.56 Å². The van der Waals surface area contributed by atoms with E-state index in [9.17, 15) is 4.79 Å². The van der Waals surface area contributed by atoms with E-state index in [1.165, 1.54) is 11.8 Å². The third kappa shape index (κ3) is 4.30. The zero-order valence-corrected chi connectivity index (χ0v) is 18.4. The van der Waals surface area contributed by atoms with E-state index in [0.717, 1.165) is 11.1 Å². The smallest absolute Gasteiger partial charge is 0.262 e. The number of fused-ring (bicyclic) bond motifs is 1. The molecule has 0 bridgehead atoms. The monoisotopic (exact) mass is 460 g/mol. The average molecular weight is 461 g/mol. The summed E-state index contributed by atoms with van der Waals surface area (Å²) in [6.45, 7) is 0.430. The highest BCUT2D eigenvalue weighted by Gasteiger charge is 2.15. The molecule has 0 radical (unpaired) electrons. The van der Waals surface area contributed by atoms with Gasteiger partial charge in [0.15, 0.2) is 5.16 Å². The van der Waals surface area contributed by atoms with Crippen LogP contribution in [-0.4, -0.2) is 19.7 Å². The number of rotatable bonds is 6. The fraction of sp³-hybridized carbons (Fsp3) is 0.0833. The van der Waals surface area contributed by atoms with E-state index < -0.39 is 0 Å². The number of hydrogen-bond donors (Lipinski definition) is 0. The van der Waals surface area contributed by atoms with Gasteiger partial charge in [-0.15, -0.1) is 0 Å². The van der Waals surface area contributed by atoms with Gasteiger partial charge >= 0.3 is 0 Å². The lowest BCUT2D eigenvalue weighted by Gasteiger charge is -2.12. The highest BCUT2D eigenvalue weighted by molar-refractivity contribution is 7.98. The molecule has 0 aliphatic rings. The van der Waals surface area contributed by atoms with Gasteiger partial charge in [-0.1, -0.05) is 71.0 Å². The van der Waals surface area contributed by atoms with Gasteiger partial charge in [0.2, 0.25) is 11.7 Å². The molecule has 3 aromatic carbocycles. The van der Waals surface area contributed by atoms with Crippen LogP contribution in [0.15, 0.2) is 93.3 Å². The Bertz CT molecular complexity index is 1430. The summed E-state index contributed by atoms with van der Waals surface area (Å²) in [6, 6.07) is 24.5. The van der Waals surface area contributed by atoms with Crippen molar-refractivity contribution in [1.29, 1.82) is 0 Å². The molecule has 0 saturated carbocycles. The molecular weight excluding hydrogens is 444 g/mol. The first-order valence-electron chi connectivity index (χ1n) is 9.92. The number of halogens is 1. The largest absolute Gasteiger partial charge is 0.338 e. The minimum Gasteiger partial charge on any atom is -0.338 e. The number of nitrogens with zero attached hydrogens (tertiary/aromatic N) is 4. The van der Waals surface area contributed by atoms with Gasteiger partial charge in [-0.3, -0.25) is 9.36 Å². The summed E-state index contributed by atoms with van der Waals surface area (Å²) in [5, 5.41) is 5.89. The van der Waals surface area contributed by atoms with Gasteiger partial charge in [0.1, 0.15) is 0 Å². The van der Waals surface area contributed by atoms with Gasteiger partial charge in [-0.2, -0.15) is 4.98 Å². The molecule has 0 spiro atoms. The number of para-hydroxylation sites is 1. The van der Waals surface area contributed by atoms with Crippen LogP contribution in [0, 0.1) is 0 Å². The van der Waals surface area contributed by atoms with Gasteiger partial charge in [0, 0.05) is 10.6 Å². The fourth-order valence-corrected chi connectivity index (χ4v) is 4.28. The van der Waals surface area contributed by atoms with Crippen LogP contribution in [0.4, 0.5) is 0 Å². The maximum absolute atomic E-state index is 13.2. The van der Waals surface area contributed by atoms with E-state index in [0.29, 0.717) is 45.1 Å². The Hall–Kier alpha value is -3.42. The van der Waals surface area contributed by atoms with Gasteiger partial charge in [0.25, 0.3) is 5.56 Å². The lowest BCUT2D eigenvalue weighted by Crippen LogP contribution is -2.24. The summed E-state index contributed by atoms with van der Waals surface area (Å²) in [6.07, 6.45) is 0. The van der Waals surface area contributed by atoms with Crippen LogP contribution in [0.2, 0.25) is 5.02 Å². The molecule has 8 heteroatoms. The second-order valence-electron chi connectivity index (χ2n) is 7.10. The molecule has 0 amide bonds. The zero-order chi connectivity index (χ0) is 21.9. The minimum atomic E-state index is -0.0747. The predicted octanol–water partition coefficient (Wildman–Crippen LogP) is 5.44. The van der Waals surface area contributed by atoms with Crippen LogP contribution in [0.1, 0.15) is 11.5 Å². The molecule has 0 fully saturated rings. The Morgan fingerprint density at radius 2 is 1.66 bits per heavy atom. The van der Waals surface area contributed by atoms with Gasteiger partial charge < -0.3 is 4.52 Å². The molecule has 0 N–H and O–H groups in total. The summed E-state index contributed by atoms with van der Waals surface area (Å²) in [5.74, 6) is 1.33. The first kappa shape index (κ1) is 20.5. The summed E-state index contributed by atoms with van der Waals surface area (Å²) in [5.41, 5.74) is 2.43. The van der Waals surface area contributed by atoms with Crippen molar-refractivity contribution in [2.24, 2.45) is 0 Å². The molecule has 2 heterocycles. The second-order valence-corrected chi connectivity index (χ2v) is 8.47. The van der Waals surface area contributed by atoms with Crippen molar-refractivity contribution in [3.8, 4) is 11.4 Å². The molecule has 0 unspecified atom stereocenters. The van der Waals surface area contributed by atoms with Crippen molar-refractivity contribution in [1.82, 2.24) is 19.7 Å². The highest BCUT2D eigenvalue weighted by Crippen LogP contribution is 2.24. The van der Waals surface area contributed by atoms with Crippen molar-refractivity contribution in [3.05, 3.63) is 106 Å². The Kier molecular flexibility index (Phi) is 5.75. The van der Waals surface area contributed by atoms with Crippen molar-refractivity contribution in [2.45, 2.75) is 17.5 Å². The van der Waals surface area contributed by atoms with Crippen molar-refractivity contribution < 1.29 is 4.52 Å². The molecule has 0 saturated heterocycles. The van der Waals surface area contributed by atoms with Crippen LogP contribution < -0.4 is 5.56 Å².